The van der Waals surface area contributed by atoms with Crippen LogP contribution in [0, 0.1) is 6.92 Å². The molecule has 0 saturated carbocycles. The Labute approximate surface area is 136 Å². The number of piperazine rings is 1. The van der Waals surface area contributed by atoms with Gasteiger partial charge < -0.3 is 10.2 Å². The van der Waals surface area contributed by atoms with Crippen molar-refractivity contribution in [2.45, 2.75) is 38.3 Å². The van der Waals surface area contributed by atoms with Gasteiger partial charge in [-0.1, -0.05) is 0 Å². The molecule has 1 atom stereocenters. The molecule has 126 valence electrons. The monoisotopic (exact) mass is 319 g/mol. The molecule has 0 radical (unpaired) electrons. The van der Waals surface area contributed by atoms with E-state index < -0.39 is 0 Å². The highest BCUT2D eigenvalue weighted by Gasteiger charge is 2.42. The van der Waals surface area contributed by atoms with Crippen molar-refractivity contribution in [3.8, 4) is 0 Å². The molecule has 0 aliphatic carbocycles. The number of hydrogen-bond donors (Lipinski definition) is 1. The molecule has 7 heteroatoms. The molecule has 23 heavy (non-hydrogen) atoms. The van der Waals surface area contributed by atoms with Crippen molar-refractivity contribution < 1.29 is 9.59 Å². The summed E-state index contributed by atoms with van der Waals surface area (Å²) in [7, 11) is 2.11. The number of aromatic nitrogens is 2. The molecule has 0 bridgehead atoms. The van der Waals surface area contributed by atoms with E-state index in [1.165, 1.54) is 0 Å². The summed E-state index contributed by atoms with van der Waals surface area (Å²) in [5.41, 5.74) is 0.901. The van der Waals surface area contributed by atoms with Gasteiger partial charge in [-0.15, -0.1) is 0 Å². The molecule has 0 aromatic carbocycles. The Balaban J connectivity index is 1.71. The van der Waals surface area contributed by atoms with Crippen molar-refractivity contribution in [3.63, 3.8) is 0 Å². The Hall–Kier alpha value is -1.89. The summed E-state index contributed by atoms with van der Waals surface area (Å²) in [5.74, 6) is 0.221. The maximum atomic E-state index is 12.7. The molecule has 1 aromatic heterocycles. The summed E-state index contributed by atoms with van der Waals surface area (Å²) in [6, 6.07) is 1.90. The first-order valence-corrected chi connectivity index (χ1v) is 8.24. The van der Waals surface area contributed by atoms with Crippen molar-refractivity contribution in [3.05, 3.63) is 18.0 Å². The third-order valence-corrected chi connectivity index (χ3v) is 5.30. The van der Waals surface area contributed by atoms with Gasteiger partial charge in [0.15, 0.2) is 0 Å². The molecule has 7 nitrogen and oxygen atoms in total. The average Bonchev–Trinajstić information content (AvgIpc) is 2.83. The highest BCUT2D eigenvalue weighted by molar-refractivity contribution is 5.77. The van der Waals surface area contributed by atoms with Gasteiger partial charge >= 0.3 is 0 Å². The Bertz CT molecular complexity index is 599. The van der Waals surface area contributed by atoms with Crippen LogP contribution in [0.15, 0.2) is 12.3 Å². The summed E-state index contributed by atoms with van der Waals surface area (Å²) in [5, 5.41) is 7.14. The minimum atomic E-state index is -0.0910. The number of likely N-dealkylation sites (N-methyl/N-ethyl adjacent to an activating group) is 1. The maximum Gasteiger partial charge on any atom is 0.244 e. The first-order valence-electron chi connectivity index (χ1n) is 8.24. The van der Waals surface area contributed by atoms with E-state index >= 15 is 0 Å². The normalized spacial score (nSPS) is 26.2. The molecule has 3 heterocycles. The van der Waals surface area contributed by atoms with E-state index in [1.54, 1.807) is 10.9 Å². The molecule has 1 aromatic rings. The molecule has 2 amide bonds. The second-order valence-electron chi connectivity index (χ2n) is 6.69. The number of rotatable bonds is 2. The van der Waals surface area contributed by atoms with Crippen molar-refractivity contribution in [2.75, 3.05) is 33.2 Å². The van der Waals surface area contributed by atoms with Crippen molar-refractivity contribution >= 4 is 11.8 Å². The van der Waals surface area contributed by atoms with Crippen LogP contribution in [0.1, 0.15) is 25.0 Å². The van der Waals surface area contributed by atoms with E-state index in [-0.39, 0.29) is 23.9 Å². The first-order chi connectivity index (χ1) is 11.0. The fourth-order valence-corrected chi connectivity index (χ4v) is 3.60. The zero-order valence-corrected chi connectivity index (χ0v) is 13.9. The second kappa shape index (κ2) is 6.31. The largest absolute Gasteiger partial charge is 0.356 e. The number of carbonyl (C=O) groups excluding carboxylic acids is 2. The van der Waals surface area contributed by atoms with Gasteiger partial charge in [0.05, 0.1) is 0 Å². The summed E-state index contributed by atoms with van der Waals surface area (Å²) in [4.78, 5) is 28.6. The van der Waals surface area contributed by atoms with Gasteiger partial charge in [0.25, 0.3) is 0 Å². The molecule has 1 spiro atoms. The topological polar surface area (TPSA) is 70.5 Å². The predicted octanol–water partition coefficient (Wildman–Crippen LogP) is 0.00442. The number of hydrogen-bond acceptors (Lipinski definition) is 4. The van der Waals surface area contributed by atoms with E-state index in [0.717, 1.165) is 31.6 Å². The quantitative estimate of drug-likeness (QED) is 0.833. The van der Waals surface area contributed by atoms with Gasteiger partial charge in [-0.05, 0) is 32.9 Å². The number of carbonyl (C=O) groups is 2. The summed E-state index contributed by atoms with van der Waals surface area (Å²) in [6.07, 6.45) is 3.95. The first kappa shape index (κ1) is 16.0. The SMILES string of the molecule is Cc1ccnn1CC(=O)N1CCN(C)C2(CCNC(=O)CC2)C1. The van der Waals surface area contributed by atoms with Crippen LogP contribution in [0.2, 0.25) is 0 Å². The maximum absolute atomic E-state index is 12.7. The summed E-state index contributed by atoms with van der Waals surface area (Å²) >= 11 is 0. The number of amides is 2. The smallest absolute Gasteiger partial charge is 0.244 e. The van der Waals surface area contributed by atoms with Gasteiger partial charge in [0.2, 0.25) is 11.8 Å². The molecule has 1 N–H and O–H groups in total. The zero-order valence-electron chi connectivity index (χ0n) is 13.9. The molecular weight excluding hydrogens is 294 g/mol. The minimum Gasteiger partial charge on any atom is -0.356 e. The Morgan fingerprint density at radius 1 is 1.39 bits per heavy atom. The van der Waals surface area contributed by atoms with E-state index in [9.17, 15) is 9.59 Å². The Kier molecular flexibility index (Phi) is 4.39. The second-order valence-corrected chi connectivity index (χ2v) is 6.69. The van der Waals surface area contributed by atoms with Crippen LogP contribution < -0.4 is 5.32 Å². The molecule has 2 saturated heterocycles. The van der Waals surface area contributed by atoms with Crippen LogP contribution in [-0.4, -0.2) is 70.2 Å². The van der Waals surface area contributed by atoms with Crippen LogP contribution in [0.25, 0.3) is 0 Å². The fraction of sp³-hybridized carbons (Fsp3) is 0.688. The van der Waals surface area contributed by atoms with Crippen LogP contribution in [0.5, 0.6) is 0 Å². The van der Waals surface area contributed by atoms with E-state index in [2.05, 4.69) is 22.4 Å². The third kappa shape index (κ3) is 3.24. The lowest BCUT2D eigenvalue weighted by atomic mass is 9.86. The lowest BCUT2D eigenvalue weighted by Crippen LogP contribution is -2.62. The van der Waals surface area contributed by atoms with Gasteiger partial charge in [0.1, 0.15) is 6.54 Å². The fourth-order valence-electron chi connectivity index (χ4n) is 3.60. The Morgan fingerprint density at radius 2 is 2.22 bits per heavy atom. The van der Waals surface area contributed by atoms with Gasteiger partial charge in [0, 0.05) is 50.0 Å². The molecule has 2 aliphatic heterocycles. The molecular formula is C16H25N5O2. The van der Waals surface area contributed by atoms with Crippen molar-refractivity contribution in [1.29, 1.82) is 0 Å². The standard InChI is InChI=1S/C16H25N5O2/c1-13-4-7-18-21(13)11-15(23)20-10-9-19(2)16(12-20)5-3-14(22)17-8-6-16/h4,7H,3,5-6,8-12H2,1-2H3,(H,17,22). The third-order valence-electron chi connectivity index (χ3n) is 5.30. The van der Waals surface area contributed by atoms with Crippen LogP contribution in [-0.2, 0) is 16.1 Å². The van der Waals surface area contributed by atoms with Gasteiger partial charge in [-0.2, -0.15) is 5.10 Å². The van der Waals surface area contributed by atoms with E-state index in [4.69, 9.17) is 0 Å². The highest BCUT2D eigenvalue weighted by atomic mass is 16.2. The van der Waals surface area contributed by atoms with Gasteiger partial charge in [-0.3, -0.25) is 19.2 Å². The van der Waals surface area contributed by atoms with Crippen LogP contribution in [0.4, 0.5) is 0 Å². The lowest BCUT2D eigenvalue weighted by molar-refractivity contribution is -0.137. The van der Waals surface area contributed by atoms with Crippen molar-refractivity contribution in [2.24, 2.45) is 0 Å². The van der Waals surface area contributed by atoms with E-state index in [0.29, 0.717) is 19.5 Å². The Morgan fingerprint density at radius 3 is 2.96 bits per heavy atom. The molecule has 2 fully saturated rings. The number of aryl methyl sites for hydroxylation is 1. The highest BCUT2D eigenvalue weighted by Crippen LogP contribution is 2.30. The minimum absolute atomic E-state index is 0.0910. The summed E-state index contributed by atoms with van der Waals surface area (Å²) in [6.45, 7) is 5.20. The molecule has 2 aliphatic rings. The lowest BCUT2D eigenvalue weighted by Gasteiger charge is -2.49. The van der Waals surface area contributed by atoms with Gasteiger partial charge in [-0.25, -0.2) is 0 Å². The average molecular weight is 319 g/mol. The predicted molar refractivity (Wildman–Crippen MR) is 85.8 cm³/mol. The molecule has 3 rings (SSSR count). The number of nitrogens with one attached hydrogen (secondary N) is 1. The van der Waals surface area contributed by atoms with Crippen LogP contribution in [0.3, 0.4) is 0 Å². The molecule has 1 unspecified atom stereocenters. The number of nitrogens with zero attached hydrogens (tertiary/aromatic N) is 4. The van der Waals surface area contributed by atoms with E-state index in [1.807, 2.05) is 17.9 Å². The summed E-state index contributed by atoms with van der Waals surface area (Å²) < 4.78 is 1.74. The van der Waals surface area contributed by atoms with Crippen molar-refractivity contribution in [1.82, 2.24) is 24.9 Å². The zero-order chi connectivity index (χ0) is 16.4. The van der Waals surface area contributed by atoms with Crippen LogP contribution >= 0.6 is 0 Å².